The Bertz CT molecular complexity index is 1260. The smallest absolute Gasteiger partial charge is 0.217 e. The highest BCUT2D eigenvalue weighted by molar-refractivity contribution is 7.98. The Hall–Kier alpha value is -3.17. The molecule has 1 N–H and O–H groups in total. The topological polar surface area (TPSA) is 68.1 Å². The number of anilines is 1. The minimum atomic E-state index is -0.221. The van der Waals surface area contributed by atoms with E-state index in [2.05, 4.69) is 30.8 Å². The lowest BCUT2D eigenvalue weighted by Crippen LogP contribution is -2.41. The molecular formula is C26H29FN6OS. The summed E-state index contributed by atoms with van der Waals surface area (Å²) in [5, 5.41) is 4.41. The van der Waals surface area contributed by atoms with E-state index < -0.39 is 0 Å². The van der Waals surface area contributed by atoms with Crippen LogP contribution in [0.4, 0.5) is 10.3 Å². The van der Waals surface area contributed by atoms with Crippen molar-refractivity contribution in [3.8, 4) is 5.88 Å². The van der Waals surface area contributed by atoms with E-state index in [0.717, 1.165) is 60.2 Å². The van der Waals surface area contributed by atoms with Gasteiger partial charge in [-0.05, 0) is 48.9 Å². The Morgan fingerprint density at radius 2 is 1.86 bits per heavy atom. The lowest BCUT2D eigenvalue weighted by molar-refractivity contribution is 0.174. The summed E-state index contributed by atoms with van der Waals surface area (Å²) in [4.78, 5) is 15.8. The number of nitrogens with one attached hydrogen (secondary N) is 1. The number of para-hydroxylation sites is 2. The van der Waals surface area contributed by atoms with Crippen molar-refractivity contribution in [2.24, 2.45) is 0 Å². The van der Waals surface area contributed by atoms with Crippen LogP contribution in [-0.4, -0.2) is 63.0 Å². The predicted molar refractivity (Wildman–Crippen MR) is 138 cm³/mol. The third kappa shape index (κ3) is 5.91. The molecule has 0 amide bonds. The van der Waals surface area contributed by atoms with Crippen LogP contribution in [-0.2, 0) is 6.54 Å². The van der Waals surface area contributed by atoms with Gasteiger partial charge < -0.3 is 14.6 Å². The molecule has 2 aromatic heterocycles. The minimum absolute atomic E-state index is 0.221. The summed E-state index contributed by atoms with van der Waals surface area (Å²) in [7, 11) is 0. The van der Waals surface area contributed by atoms with Crippen molar-refractivity contribution >= 4 is 28.7 Å². The Morgan fingerprint density at radius 3 is 2.66 bits per heavy atom. The van der Waals surface area contributed by atoms with Crippen LogP contribution in [0.1, 0.15) is 18.4 Å². The van der Waals surface area contributed by atoms with E-state index in [0.29, 0.717) is 25.1 Å². The standard InChI is InChI=1S/C26H29FN6OS/c1-35-26-28-13-10-24(31-26)34-17-16-32-14-11-21(12-15-32)29-25-30-22-4-2-3-5-23(22)33(25)18-19-6-8-20(27)9-7-19/h2-10,13,21H,11-12,14-18H2,1H3,(H,29,30). The molecule has 4 aromatic rings. The summed E-state index contributed by atoms with van der Waals surface area (Å²) in [6.45, 7) is 4.11. The molecule has 1 aliphatic heterocycles. The van der Waals surface area contributed by atoms with Gasteiger partial charge in [-0.25, -0.2) is 14.4 Å². The molecule has 0 atom stereocenters. The zero-order valence-electron chi connectivity index (χ0n) is 19.7. The molecule has 35 heavy (non-hydrogen) atoms. The van der Waals surface area contributed by atoms with Gasteiger partial charge in [0.15, 0.2) is 5.16 Å². The number of hydrogen-bond donors (Lipinski definition) is 1. The third-order valence-electron chi connectivity index (χ3n) is 6.28. The van der Waals surface area contributed by atoms with Crippen molar-refractivity contribution in [2.45, 2.75) is 30.6 Å². The van der Waals surface area contributed by atoms with E-state index in [4.69, 9.17) is 9.72 Å². The summed E-state index contributed by atoms with van der Waals surface area (Å²) in [6.07, 6.45) is 5.75. The number of hydrogen-bond acceptors (Lipinski definition) is 7. The van der Waals surface area contributed by atoms with E-state index in [9.17, 15) is 4.39 Å². The highest BCUT2D eigenvalue weighted by atomic mass is 32.2. The number of halogens is 1. The predicted octanol–water partition coefficient (Wildman–Crippen LogP) is 4.69. The van der Waals surface area contributed by atoms with Gasteiger partial charge in [0.1, 0.15) is 12.4 Å². The Labute approximate surface area is 208 Å². The zero-order valence-corrected chi connectivity index (χ0v) is 20.5. The highest BCUT2D eigenvalue weighted by Crippen LogP contribution is 2.24. The molecule has 1 saturated heterocycles. The van der Waals surface area contributed by atoms with Gasteiger partial charge in [-0.3, -0.25) is 4.90 Å². The maximum Gasteiger partial charge on any atom is 0.217 e. The molecule has 0 bridgehead atoms. The molecule has 3 heterocycles. The summed E-state index contributed by atoms with van der Waals surface area (Å²) in [6, 6.07) is 17.0. The van der Waals surface area contributed by atoms with E-state index in [-0.39, 0.29) is 5.82 Å². The SMILES string of the molecule is CSc1nccc(OCCN2CCC(Nc3nc4ccccc4n3Cc3ccc(F)cc3)CC2)n1. The monoisotopic (exact) mass is 492 g/mol. The average molecular weight is 493 g/mol. The first-order valence-electron chi connectivity index (χ1n) is 11.9. The Kier molecular flexibility index (Phi) is 7.44. The van der Waals surface area contributed by atoms with Gasteiger partial charge in [-0.2, -0.15) is 4.98 Å². The number of piperidine rings is 1. The second-order valence-electron chi connectivity index (χ2n) is 8.63. The summed E-state index contributed by atoms with van der Waals surface area (Å²) >= 11 is 1.51. The fourth-order valence-electron chi connectivity index (χ4n) is 4.38. The fraction of sp³-hybridized carbons (Fsp3) is 0.346. The van der Waals surface area contributed by atoms with Crippen LogP contribution in [0.2, 0.25) is 0 Å². The number of ether oxygens (including phenoxy) is 1. The van der Waals surface area contributed by atoms with Gasteiger partial charge in [0.05, 0.1) is 17.6 Å². The largest absolute Gasteiger partial charge is 0.476 e. The van der Waals surface area contributed by atoms with Crippen molar-refractivity contribution in [2.75, 3.05) is 37.8 Å². The summed E-state index contributed by atoms with van der Waals surface area (Å²) < 4.78 is 21.4. The lowest BCUT2D eigenvalue weighted by Gasteiger charge is -2.32. The average Bonchev–Trinajstić information content (AvgIpc) is 3.23. The first-order valence-corrected chi connectivity index (χ1v) is 13.1. The summed E-state index contributed by atoms with van der Waals surface area (Å²) in [5.41, 5.74) is 3.07. The molecule has 182 valence electrons. The van der Waals surface area contributed by atoms with Gasteiger partial charge in [0.25, 0.3) is 0 Å². The van der Waals surface area contributed by atoms with E-state index in [1.165, 1.54) is 23.9 Å². The number of benzene rings is 2. The van der Waals surface area contributed by atoms with Crippen LogP contribution >= 0.6 is 11.8 Å². The van der Waals surface area contributed by atoms with Crippen molar-refractivity contribution in [3.63, 3.8) is 0 Å². The van der Waals surface area contributed by atoms with Crippen molar-refractivity contribution in [1.29, 1.82) is 0 Å². The summed E-state index contributed by atoms with van der Waals surface area (Å²) in [5.74, 6) is 1.27. The quantitative estimate of drug-likeness (QED) is 0.269. The molecule has 0 saturated carbocycles. The maximum atomic E-state index is 13.4. The van der Waals surface area contributed by atoms with Gasteiger partial charge in [-0.15, -0.1) is 0 Å². The van der Waals surface area contributed by atoms with E-state index in [1.807, 2.05) is 36.6 Å². The molecule has 0 radical (unpaired) electrons. The second-order valence-corrected chi connectivity index (χ2v) is 9.40. The normalized spacial score (nSPS) is 14.9. The van der Waals surface area contributed by atoms with Gasteiger partial charge in [-0.1, -0.05) is 36.0 Å². The lowest BCUT2D eigenvalue weighted by atomic mass is 10.1. The van der Waals surface area contributed by atoms with E-state index >= 15 is 0 Å². The van der Waals surface area contributed by atoms with Crippen LogP contribution in [0.3, 0.4) is 0 Å². The van der Waals surface area contributed by atoms with Crippen LogP contribution in [0.25, 0.3) is 11.0 Å². The molecule has 1 aliphatic rings. The molecule has 0 unspecified atom stereocenters. The van der Waals surface area contributed by atoms with Crippen molar-refractivity contribution in [3.05, 3.63) is 72.2 Å². The van der Waals surface area contributed by atoms with Crippen LogP contribution < -0.4 is 10.1 Å². The number of imidazole rings is 1. The number of rotatable bonds is 9. The molecule has 7 nitrogen and oxygen atoms in total. The van der Waals surface area contributed by atoms with Crippen LogP contribution in [0.15, 0.2) is 66.0 Å². The van der Waals surface area contributed by atoms with Gasteiger partial charge in [0, 0.05) is 37.9 Å². The molecule has 0 spiro atoms. The number of likely N-dealkylation sites (tertiary alicyclic amines) is 1. The van der Waals surface area contributed by atoms with Crippen molar-refractivity contribution < 1.29 is 9.13 Å². The number of aromatic nitrogens is 4. The minimum Gasteiger partial charge on any atom is -0.476 e. The second kappa shape index (κ2) is 11.0. The number of fused-ring (bicyclic) bond motifs is 1. The highest BCUT2D eigenvalue weighted by Gasteiger charge is 2.21. The van der Waals surface area contributed by atoms with Crippen molar-refractivity contribution in [1.82, 2.24) is 24.4 Å². The Morgan fingerprint density at radius 1 is 1.06 bits per heavy atom. The third-order valence-corrected chi connectivity index (χ3v) is 6.84. The molecular weight excluding hydrogens is 463 g/mol. The van der Waals surface area contributed by atoms with Crippen LogP contribution in [0.5, 0.6) is 5.88 Å². The maximum absolute atomic E-state index is 13.4. The molecule has 2 aromatic carbocycles. The molecule has 1 fully saturated rings. The van der Waals surface area contributed by atoms with Gasteiger partial charge in [0.2, 0.25) is 11.8 Å². The first-order chi connectivity index (χ1) is 17.2. The molecule has 5 rings (SSSR count). The molecule has 9 heteroatoms. The number of thioether (sulfide) groups is 1. The number of nitrogens with zero attached hydrogens (tertiary/aromatic N) is 5. The first kappa shape index (κ1) is 23.6. The fourth-order valence-corrected chi connectivity index (χ4v) is 4.73. The molecule has 0 aliphatic carbocycles. The Balaban J connectivity index is 1.18. The zero-order chi connectivity index (χ0) is 24.0. The van der Waals surface area contributed by atoms with E-state index in [1.54, 1.807) is 12.3 Å². The van der Waals surface area contributed by atoms with Gasteiger partial charge >= 0.3 is 0 Å². The van der Waals surface area contributed by atoms with Crippen LogP contribution in [0, 0.1) is 5.82 Å².